The molecule has 3 rings (SSSR count). The molecule has 0 atom stereocenters. The van der Waals surface area contributed by atoms with E-state index in [1.165, 1.54) is 0 Å². The van der Waals surface area contributed by atoms with Gasteiger partial charge in [-0.05, 0) is 19.1 Å². The first kappa shape index (κ1) is 17.8. The number of esters is 1. The predicted molar refractivity (Wildman–Crippen MR) is 99.7 cm³/mol. The van der Waals surface area contributed by atoms with Crippen molar-refractivity contribution in [2.75, 3.05) is 44.7 Å². The highest BCUT2D eigenvalue weighted by Crippen LogP contribution is 2.19. The van der Waals surface area contributed by atoms with Crippen LogP contribution in [-0.2, 0) is 4.74 Å². The van der Waals surface area contributed by atoms with E-state index >= 15 is 0 Å². The Morgan fingerprint density at radius 3 is 2.78 bits per heavy atom. The number of guanidine groups is 1. The average molecular weight is 431 g/mol. The second-order valence-corrected chi connectivity index (χ2v) is 5.50. The summed E-state index contributed by atoms with van der Waals surface area (Å²) in [6, 6.07) is 4.02. The molecule has 2 aliphatic heterocycles. The standard InChI is InChI=1S/C15H21N5O2.HI/c1-3-22-14(21)11-4-5-13(17-8-11)20-9-12(10-20)18-15-16-6-7-19(15)2;/h4-5,8,12H,3,6-7,9-10H2,1-2H3,(H,16,18);1H. The van der Waals surface area contributed by atoms with Crippen LogP contribution >= 0.6 is 24.0 Å². The number of pyridine rings is 1. The zero-order chi connectivity index (χ0) is 15.5. The molecule has 126 valence electrons. The quantitative estimate of drug-likeness (QED) is 0.566. The van der Waals surface area contributed by atoms with Crippen molar-refractivity contribution in [1.82, 2.24) is 15.2 Å². The maximum Gasteiger partial charge on any atom is 0.339 e. The summed E-state index contributed by atoms with van der Waals surface area (Å²) < 4.78 is 4.95. The number of likely N-dealkylation sites (N-methyl/N-ethyl adjacent to an activating group) is 1. The third kappa shape index (κ3) is 4.04. The Morgan fingerprint density at radius 2 is 2.22 bits per heavy atom. The van der Waals surface area contributed by atoms with E-state index in [1.54, 1.807) is 19.2 Å². The molecule has 7 nitrogen and oxygen atoms in total. The van der Waals surface area contributed by atoms with Gasteiger partial charge in [0.25, 0.3) is 0 Å². The highest BCUT2D eigenvalue weighted by Gasteiger charge is 2.29. The summed E-state index contributed by atoms with van der Waals surface area (Å²) in [5, 5.41) is 3.44. The highest BCUT2D eigenvalue weighted by atomic mass is 127. The van der Waals surface area contributed by atoms with Crippen molar-refractivity contribution in [3.8, 4) is 0 Å². The van der Waals surface area contributed by atoms with Crippen molar-refractivity contribution in [1.29, 1.82) is 0 Å². The lowest BCUT2D eigenvalue weighted by Gasteiger charge is -2.41. The van der Waals surface area contributed by atoms with Crippen LogP contribution in [0.15, 0.2) is 23.3 Å². The fourth-order valence-electron chi connectivity index (χ4n) is 2.54. The van der Waals surface area contributed by atoms with Gasteiger partial charge in [0.2, 0.25) is 0 Å². The molecule has 1 fully saturated rings. The third-order valence-electron chi connectivity index (χ3n) is 3.86. The number of carbonyl (C=O) groups is 1. The van der Waals surface area contributed by atoms with Crippen molar-refractivity contribution in [3.05, 3.63) is 23.9 Å². The van der Waals surface area contributed by atoms with Gasteiger partial charge in [0.05, 0.1) is 24.8 Å². The second kappa shape index (κ2) is 7.80. The average Bonchev–Trinajstić information content (AvgIpc) is 2.88. The second-order valence-electron chi connectivity index (χ2n) is 5.50. The van der Waals surface area contributed by atoms with Gasteiger partial charge < -0.3 is 19.9 Å². The predicted octanol–water partition coefficient (Wildman–Crippen LogP) is 0.956. The normalized spacial score (nSPS) is 17.2. The Bertz CT molecular complexity index is 572. The Labute approximate surface area is 153 Å². The Hall–Kier alpha value is -1.58. The fraction of sp³-hybridized carbons (Fsp3) is 0.533. The summed E-state index contributed by atoms with van der Waals surface area (Å²) >= 11 is 0. The summed E-state index contributed by atoms with van der Waals surface area (Å²) in [4.78, 5) is 24.7. The van der Waals surface area contributed by atoms with Crippen LogP contribution in [0.2, 0.25) is 0 Å². The Balaban J connectivity index is 0.00000192. The van der Waals surface area contributed by atoms with Crippen LogP contribution in [0.25, 0.3) is 0 Å². The summed E-state index contributed by atoms with van der Waals surface area (Å²) in [5.41, 5.74) is 0.489. The van der Waals surface area contributed by atoms with E-state index in [-0.39, 0.29) is 29.9 Å². The largest absolute Gasteiger partial charge is 0.462 e. The van der Waals surface area contributed by atoms with Gasteiger partial charge in [-0.25, -0.2) is 9.78 Å². The molecular formula is C15H22IN5O2. The lowest BCUT2D eigenvalue weighted by atomic mass is 10.1. The molecule has 1 aromatic heterocycles. The van der Waals surface area contributed by atoms with E-state index in [9.17, 15) is 4.79 Å². The summed E-state index contributed by atoms with van der Waals surface area (Å²) in [6.45, 7) is 5.79. The molecule has 0 aliphatic carbocycles. The van der Waals surface area contributed by atoms with Gasteiger partial charge in [-0.3, -0.25) is 4.99 Å². The number of rotatable bonds is 4. The first-order valence-corrected chi connectivity index (χ1v) is 7.57. The molecule has 0 unspecified atom stereocenters. The van der Waals surface area contributed by atoms with E-state index in [4.69, 9.17) is 4.74 Å². The van der Waals surface area contributed by atoms with Crippen molar-refractivity contribution in [3.63, 3.8) is 0 Å². The molecule has 0 amide bonds. The molecule has 0 aromatic carbocycles. The molecule has 23 heavy (non-hydrogen) atoms. The van der Waals surface area contributed by atoms with Crippen molar-refractivity contribution < 1.29 is 9.53 Å². The van der Waals surface area contributed by atoms with E-state index in [2.05, 4.69) is 25.1 Å². The lowest BCUT2D eigenvalue weighted by Crippen LogP contribution is -2.61. The molecule has 1 aromatic rings. The zero-order valence-electron chi connectivity index (χ0n) is 13.4. The van der Waals surface area contributed by atoms with Gasteiger partial charge in [0.15, 0.2) is 5.96 Å². The van der Waals surface area contributed by atoms with Gasteiger partial charge in [-0.15, -0.1) is 24.0 Å². The lowest BCUT2D eigenvalue weighted by molar-refractivity contribution is 0.0526. The van der Waals surface area contributed by atoms with Crippen LogP contribution in [0.4, 0.5) is 5.82 Å². The van der Waals surface area contributed by atoms with Gasteiger partial charge in [0, 0.05) is 32.9 Å². The molecule has 1 saturated heterocycles. The van der Waals surface area contributed by atoms with E-state index in [1.807, 2.05) is 13.1 Å². The van der Waals surface area contributed by atoms with Crippen LogP contribution in [0.5, 0.6) is 0 Å². The minimum absolute atomic E-state index is 0. The smallest absolute Gasteiger partial charge is 0.339 e. The number of aliphatic imine (C=N–C) groups is 1. The van der Waals surface area contributed by atoms with E-state index < -0.39 is 0 Å². The monoisotopic (exact) mass is 431 g/mol. The Kier molecular flexibility index (Phi) is 6.03. The van der Waals surface area contributed by atoms with Gasteiger partial charge in [-0.1, -0.05) is 0 Å². The minimum Gasteiger partial charge on any atom is -0.462 e. The molecule has 8 heteroatoms. The molecular weight excluding hydrogens is 409 g/mol. The minimum atomic E-state index is -0.327. The first-order chi connectivity index (χ1) is 10.7. The van der Waals surface area contributed by atoms with E-state index in [0.717, 1.165) is 38.0 Å². The van der Waals surface area contributed by atoms with Crippen LogP contribution in [0, 0.1) is 0 Å². The van der Waals surface area contributed by atoms with Crippen LogP contribution < -0.4 is 10.2 Å². The summed E-state index contributed by atoms with van der Waals surface area (Å²) in [6.07, 6.45) is 1.57. The number of carbonyl (C=O) groups excluding carboxylic acids is 1. The van der Waals surface area contributed by atoms with Crippen LogP contribution in [0.3, 0.4) is 0 Å². The van der Waals surface area contributed by atoms with Crippen molar-refractivity contribution in [2.24, 2.45) is 4.99 Å². The summed E-state index contributed by atoms with van der Waals surface area (Å²) in [7, 11) is 2.05. The number of halogens is 1. The van der Waals surface area contributed by atoms with Crippen molar-refractivity contribution >= 4 is 41.7 Å². The summed E-state index contributed by atoms with van der Waals surface area (Å²) in [5.74, 6) is 1.54. The zero-order valence-corrected chi connectivity index (χ0v) is 15.7. The van der Waals surface area contributed by atoms with Crippen LogP contribution in [-0.4, -0.2) is 67.7 Å². The van der Waals surface area contributed by atoms with Gasteiger partial charge in [-0.2, -0.15) is 0 Å². The molecule has 3 heterocycles. The third-order valence-corrected chi connectivity index (χ3v) is 3.86. The van der Waals surface area contributed by atoms with Gasteiger partial charge >= 0.3 is 5.97 Å². The van der Waals surface area contributed by atoms with E-state index in [0.29, 0.717) is 18.2 Å². The number of nitrogens with one attached hydrogen (secondary N) is 1. The molecule has 1 N–H and O–H groups in total. The SMILES string of the molecule is CCOC(=O)c1ccc(N2CC(NC3=NCCN3C)C2)nc1.I. The maximum atomic E-state index is 11.6. The van der Waals surface area contributed by atoms with Gasteiger partial charge in [0.1, 0.15) is 5.82 Å². The van der Waals surface area contributed by atoms with Crippen molar-refractivity contribution in [2.45, 2.75) is 13.0 Å². The number of hydrogen-bond donors (Lipinski definition) is 1. The number of aromatic nitrogens is 1. The molecule has 0 saturated carbocycles. The molecule has 0 spiro atoms. The molecule has 0 bridgehead atoms. The molecule has 2 aliphatic rings. The fourth-order valence-corrected chi connectivity index (χ4v) is 2.54. The number of hydrogen-bond acceptors (Lipinski definition) is 7. The molecule has 0 radical (unpaired) electrons. The number of anilines is 1. The maximum absolute atomic E-state index is 11.6. The first-order valence-electron chi connectivity index (χ1n) is 7.57. The highest BCUT2D eigenvalue weighted by molar-refractivity contribution is 14.0. The number of nitrogens with zero attached hydrogens (tertiary/aromatic N) is 4. The topological polar surface area (TPSA) is 70.1 Å². The number of ether oxygens (including phenoxy) is 1. The van der Waals surface area contributed by atoms with Crippen LogP contribution in [0.1, 0.15) is 17.3 Å². The Morgan fingerprint density at radius 1 is 1.43 bits per heavy atom.